The number of hydrogen-bond acceptors (Lipinski definition) is 5. The van der Waals surface area contributed by atoms with Crippen LogP contribution in [-0.4, -0.2) is 72.3 Å². The van der Waals surface area contributed by atoms with Gasteiger partial charge in [-0.05, 0) is 24.3 Å². The number of cyclic esters (lactones) is 1. The van der Waals surface area contributed by atoms with Crippen LogP contribution in [0.15, 0.2) is 29.3 Å². The lowest BCUT2D eigenvalue weighted by Gasteiger charge is -2.27. The first-order valence-electron chi connectivity index (χ1n) is 7.35. The Bertz CT molecular complexity index is 620. The number of amides is 2. The predicted octanol–water partition coefficient (Wildman–Crippen LogP) is 0.572. The van der Waals surface area contributed by atoms with Crippen molar-refractivity contribution in [3.63, 3.8) is 0 Å². The van der Waals surface area contributed by atoms with Crippen molar-refractivity contribution < 1.29 is 19.1 Å². The minimum absolute atomic E-state index is 0.0556. The third-order valence-electron chi connectivity index (χ3n) is 3.75. The summed E-state index contributed by atoms with van der Waals surface area (Å²) in [7, 11) is 0. The summed E-state index contributed by atoms with van der Waals surface area (Å²) in [5.74, 6) is -0.0556. The second-order valence-electron chi connectivity index (χ2n) is 5.24. The van der Waals surface area contributed by atoms with Gasteiger partial charge in [-0.15, -0.1) is 0 Å². The third-order valence-corrected chi connectivity index (χ3v) is 3.96. The number of rotatable bonds is 4. The first kappa shape index (κ1) is 16.0. The highest BCUT2D eigenvalue weighted by Gasteiger charge is 2.32. The van der Waals surface area contributed by atoms with Crippen LogP contribution in [0.1, 0.15) is 0 Å². The molecule has 23 heavy (non-hydrogen) atoms. The van der Waals surface area contributed by atoms with Crippen LogP contribution in [0.3, 0.4) is 0 Å². The van der Waals surface area contributed by atoms with Gasteiger partial charge in [-0.25, -0.2) is 4.79 Å². The van der Waals surface area contributed by atoms with Crippen molar-refractivity contribution in [3.05, 3.63) is 24.3 Å². The lowest BCUT2D eigenvalue weighted by Crippen LogP contribution is -2.41. The smallest absolute Gasteiger partial charge is 0.414 e. The zero-order valence-corrected chi connectivity index (χ0v) is 13.7. The lowest BCUT2D eigenvalue weighted by atomic mass is 10.2. The molecule has 8 heteroatoms. The molecule has 2 aliphatic rings. The topological polar surface area (TPSA) is 71.4 Å². The Balaban J connectivity index is 1.69. The molecule has 3 rings (SSSR count). The molecule has 2 amide bonds. The maximum atomic E-state index is 12.0. The number of anilines is 2. The average molecular weight is 329 g/mol. The summed E-state index contributed by atoms with van der Waals surface area (Å²) in [6, 6.07) is 7.31. The fourth-order valence-corrected chi connectivity index (χ4v) is 2.73. The molecule has 1 aromatic carbocycles. The molecule has 0 aromatic heterocycles. The molecule has 1 aromatic rings. The highest BCUT2D eigenvalue weighted by atomic mass is 27.0. The number of ether oxygens (including phenoxy) is 2. The molecule has 0 aliphatic carbocycles. The quantitative estimate of drug-likeness (QED) is 0.598. The largest absolute Gasteiger partial charge is 0.442 e. The van der Waals surface area contributed by atoms with Crippen LogP contribution >= 0.6 is 0 Å². The molecule has 2 radical (unpaired) electrons. The first-order valence-corrected chi connectivity index (χ1v) is 8.02. The van der Waals surface area contributed by atoms with Gasteiger partial charge in [0.15, 0.2) is 16.3 Å². The fourth-order valence-electron chi connectivity index (χ4n) is 2.61. The summed E-state index contributed by atoms with van der Waals surface area (Å²) >= 11 is 2.39. The monoisotopic (exact) mass is 329 g/mol. The molecule has 7 nitrogen and oxygen atoms in total. The summed E-state index contributed by atoms with van der Waals surface area (Å²) in [6.07, 6.45) is -0.607. The molecule has 118 valence electrons. The zero-order valence-electron chi connectivity index (χ0n) is 12.6. The summed E-state index contributed by atoms with van der Waals surface area (Å²) in [5, 5.41) is 1.62. The molecule has 0 saturated carbocycles. The standard InChI is InChI=1S/C15H16N3O4.Al/c1-16-8-13-9-18(15(20)22-13)12-4-2-11(3-5-12)17-6-7-21-10-14(17)19;/h1-5,13H,6-10H2;. The number of hydrogen-bond donors (Lipinski definition) is 0. The van der Waals surface area contributed by atoms with Gasteiger partial charge >= 0.3 is 6.09 Å². The second-order valence-corrected chi connectivity index (χ2v) is 5.54. The van der Waals surface area contributed by atoms with Crippen molar-refractivity contribution in [2.75, 3.05) is 42.6 Å². The van der Waals surface area contributed by atoms with E-state index in [0.717, 1.165) is 11.4 Å². The van der Waals surface area contributed by atoms with Crippen molar-refractivity contribution in [2.45, 2.75) is 6.10 Å². The molecule has 2 fully saturated rings. The average Bonchev–Trinajstić information content (AvgIpc) is 2.94. The SMILES string of the molecule is O=C1COCCN1c1ccc(N2CC(CN=[CH][Al])OC2=O)cc1. The fraction of sp³-hybridized carbons (Fsp3) is 0.400. The van der Waals surface area contributed by atoms with Crippen LogP contribution in [0, 0.1) is 0 Å². The normalized spacial score (nSPS) is 22.0. The van der Waals surface area contributed by atoms with E-state index in [-0.39, 0.29) is 24.7 Å². The van der Waals surface area contributed by atoms with E-state index in [4.69, 9.17) is 9.47 Å². The van der Waals surface area contributed by atoms with Crippen LogP contribution in [0.5, 0.6) is 0 Å². The van der Waals surface area contributed by atoms with Gasteiger partial charge in [-0.3, -0.25) is 9.69 Å². The minimum Gasteiger partial charge on any atom is -0.442 e. The molecular weight excluding hydrogens is 313 g/mol. The molecule has 1 unspecified atom stereocenters. The van der Waals surface area contributed by atoms with Crippen LogP contribution in [0.25, 0.3) is 0 Å². The van der Waals surface area contributed by atoms with E-state index in [2.05, 4.69) is 21.3 Å². The summed E-state index contributed by atoms with van der Waals surface area (Å²) in [5.41, 5.74) is 1.55. The molecule has 0 bridgehead atoms. The number of aliphatic imine (C=N–C) groups is 1. The maximum absolute atomic E-state index is 12.0. The summed E-state index contributed by atoms with van der Waals surface area (Å²) < 4.78 is 10.4. The molecule has 0 N–H and O–H groups in total. The van der Waals surface area contributed by atoms with Crippen molar-refractivity contribution in [3.8, 4) is 0 Å². The zero-order chi connectivity index (χ0) is 16.2. The molecule has 2 saturated heterocycles. The number of carbonyl (C=O) groups excluding carboxylic acids is 2. The Labute approximate surface area is 142 Å². The van der Waals surface area contributed by atoms with Crippen LogP contribution in [0.4, 0.5) is 16.2 Å². The van der Waals surface area contributed by atoms with E-state index in [1.165, 1.54) is 0 Å². The molecule has 0 spiro atoms. The van der Waals surface area contributed by atoms with E-state index >= 15 is 0 Å². The van der Waals surface area contributed by atoms with Gasteiger partial charge in [-0.1, -0.05) is 5.08 Å². The van der Waals surface area contributed by atoms with E-state index in [1.54, 1.807) is 14.9 Å². The third kappa shape index (κ3) is 3.55. The number of carbonyl (C=O) groups is 2. The van der Waals surface area contributed by atoms with Gasteiger partial charge in [0.1, 0.15) is 12.7 Å². The predicted molar refractivity (Wildman–Crippen MR) is 86.3 cm³/mol. The molecular formula is C15H16AlN3O4. The number of morpholine rings is 1. The van der Waals surface area contributed by atoms with Crippen LogP contribution in [-0.2, 0) is 14.3 Å². The minimum atomic E-state index is -0.371. The van der Waals surface area contributed by atoms with Crippen molar-refractivity contribution in [1.82, 2.24) is 0 Å². The van der Waals surface area contributed by atoms with E-state index < -0.39 is 0 Å². The maximum Gasteiger partial charge on any atom is 0.414 e. The molecule has 1 atom stereocenters. The number of nitrogens with zero attached hydrogens (tertiary/aromatic N) is 3. The van der Waals surface area contributed by atoms with Gasteiger partial charge in [-0.2, -0.15) is 0 Å². The highest BCUT2D eigenvalue weighted by Crippen LogP contribution is 2.25. The molecule has 2 heterocycles. The Morgan fingerprint density at radius 2 is 1.91 bits per heavy atom. The Morgan fingerprint density at radius 3 is 2.57 bits per heavy atom. The van der Waals surface area contributed by atoms with Crippen molar-refractivity contribution in [1.29, 1.82) is 0 Å². The van der Waals surface area contributed by atoms with E-state index in [0.29, 0.717) is 26.2 Å². The van der Waals surface area contributed by atoms with Gasteiger partial charge in [0.2, 0.25) is 0 Å². The Kier molecular flexibility index (Phi) is 4.96. The number of benzene rings is 1. The summed E-state index contributed by atoms with van der Waals surface area (Å²) in [4.78, 5) is 31.1. The first-order chi connectivity index (χ1) is 11.2. The van der Waals surface area contributed by atoms with Crippen LogP contribution in [0.2, 0.25) is 0 Å². The van der Waals surface area contributed by atoms with Gasteiger partial charge in [0.25, 0.3) is 5.91 Å². The van der Waals surface area contributed by atoms with Gasteiger partial charge in [0.05, 0.1) is 19.7 Å². The molecule has 2 aliphatic heterocycles. The van der Waals surface area contributed by atoms with Crippen molar-refractivity contribution in [2.24, 2.45) is 4.99 Å². The van der Waals surface area contributed by atoms with Gasteiger partial charge < -0.3 is 19.4 Å². The van der Waals surface area contributed by atoms with E-state index in [9.17, 15) is 9.59 Å². The lowest BCUT2D eigenvalue weighted by molar-refractivity contribution is -0.125. The Morgan fingerprint density at radius 1 is 1.22 bits per heavy atom. The van der Waals surface area contributed by atoms with Crippen LogP contribution < -0.4 is 9.80 Å². The van der Waals surface area contributed by atoms with E-state index in [1.807, 2.05) is 24.3 Å². The Hall–Kier alpha value is -1.88. The van der Waals surface area contributed by atoms with Gasteiger partial charge in [0, 0.05) is 17.9 Å². The highest BCUT2D eigenvalue weighted by molar-refractivity contribution is 6.49. The second kappa shape index (κ2) is 7.13. The summed E-state index contributed by atoms with van der Waals surface area (Å²) in [6.45, 7) is 2.10. The van der Waals surface area contributed by atoms with Crippen molar-refractivity contribution >= 4 is 44.7 Å².